The van der Waals surface area contributed by atoms with Gasteiger partial charge in [0.05, 0.1) is 13.7 Å². The van der Waals surface area contributed by atoms with Crippen LogP contribution in [0.1, 0.15) is 30.4 Å². The van der Waals surface area contributed by atoms with Crippen molar-refractivity contribution in [2.75, 3.05) is 26.8 Å². The van der Waals surface area contributed by atoms with Gasteiger partial charge in [0.25, 0.3) is 0 Å². The first-order chi connectivity index (χ1) is 11.3. The molecule has 1 saturated heterocycles. The molecule has 0 spiro atoms. The van der Waals surface area contributed by atoms with Crippen LogP contribution in [0.5, 0.6) is 11.5 Å². The number of methoxy groups -OCH3 is 1. The van der Waals surface area contributed by atoms with Crippen LogP contribution < -0.4 is 9.47 Å². The van der Waals surface area contributed by atoms with E-state index < -0.39 is 0 Å². The highest BCUT2D eigenvalue weighted by Crippen LogP contribution is 2.39. The molecule has 1 heterocycles. The van der Waals surface area contributed by atoms with Crippen LogP contribution in [0.25, 0.3) is 0 Å². The molecule has 23 heavy (non-hydrogen) atoms. The average molecular weight is 311 g/mol. The van der Waals surface area contributed by atoms with Crippen molar-refractivity contribution in [3.8, 4) is 11.5 Å². The van der Waals surface area contributed by atoms with Gasteiger partial charge in [0.15, 0.2) is 11.5 Å². The molecule has 0 radical (unpaired) electrons. The molecule has 2 aromatic rings. The molecule has 2 aromatic carbocycles. The van der Waals surface area contributed by atoms with Crippen LogP contribution in [0.15, 0.2) is 48.5 Å². The molecule has 0 aromatic heterocycles. The topological polar surface area (TPSA) is 21.7 Å². The SMILES string of the molecule is CCOc1c(OC)cccc1[C@H]1CCN(Cc2ccccc2)C1. The predicted molar refractivity (Wildman–Crippen MR) is 93.2 cm³/mol. The van der Waals surface area contributed by atoms with Crippen LogP contribution in [-0.4, -0.2) is 31.7 Å². The molecule has 0 unspecified atom stereocenters. The number of rotatable bonds is 6. The fourth-order valence-corrected chi connectivity index (χ4v) is 3.39. The minimum absolute atomic E-state index is 0.510. The Morgan fingerprint density at radius 1 is 1.09 bits per heavy atom. The summed E-state index contributed by atoms with van der Waals surface area (Å²) in [5.74, 6) is 2.27. The molecule has 1 atom stereocenters. The Hall–Kier alpha value is -2.00. The van der Waals surface area contributed by atoms with Gasteiger partial charge in [-0.3, -0.25) is 4.90 Å². The van der Waals surface area contributed by atoms with Gasteiger partial charge >= 0.3 is 0 Å². The fraction of sp³-hybridized carbons (Fsp3) is 0.400. The quantitative estimate of drug-likeness (QED) is 0.802. The first-order valence-corrected chi connectivity index (χ1v) is 8.37. The first kappa shape index (κ1) is 15.9. The van der Waals surface area contributed by atoms with Crippen molar-refractivity contribution >= 4 is 0 Å². The summed E-state index contributed by atoms with van der Waals surface area (Å²) in [5.41, 5.74) is 2.66. The Bertz CT molecular complexity index is 627. The van der Waals surface area contributed by atoms with Crippen molar-refractivity contribution in [1.29, 1.82) is 0 Å². The largest absolute Gasteiger partial charge is 0.493 e. The van der Waals surface area contributed by atoms with Crippen molar-refractivity contribution in [3.05, 3.63) is 59.7 Å². The van der Waals surface area contributed by atoms with Crippen LogP contribution >= 0.6 is 0 Å². The zero-order valence-corrected chi connectivity index (χ0v) is 14.0. The molecule has 0 aliphatic carbocycles. The molecule has 3 rings (SSSR count). The lowest BCUT2D eigenvalue weighted by atomic mass is 9.97. The van der Waals surface area contributed by atoms with E-state index in [2.05, 4.69) is 47.4 Å². The lowest BCUT2D eigenvalue weighted by Gasteiger charge is -2.19. The molecule has 122 valence electrons. The maximum Gasteiger partial charge on any atom is 0.164 e. The second-order valence-electron chi connectivity index (χ2n) is 6.02. The van der Waals surface area contributed by atoms with Gasteiger partial charge in [-0.2, -0.15) is 0 Å². The van der Waals surface area contributed by atoms with Gasteiger partial charge in [0, 0.05) is 24.6 Å². The number of para-hydroxylation sites is 1. The lowest BCUT2D eigenvalue weighted by Crippen LogP contribution is -2.19. The maximum atomic E-state index is 5.88. The molecule has 3 nitrogen and oxygen atoms in total. The summed E-state index contributed by atoms with van der Waals surface area (Å²) >= 11 is 0. The summed E-state index contributed by atoms with van der Waals surface area (Å²) in [6.07, 6.45) is 1.17. The van der Waals surface area contributed by atoms with Crippen LogP contribution in [0, 0.1) is 0 Å². The highest BCUT2D eigenvalue weighted by atomic mass is 16.5. The van der Waals surface area contributed by atoms with Crippen molar-refractivity contribution in [3.63, 3.8) is 0 Å². The van der Waals surface area contributed by atoms with Gasteiger partial charge in [-0.05, 0) is 31.5 Å². The summed E-state index contributed by atoms with van der Waals surface area (Å²) in [4.78, 5) is 2.52. The number of hydrogen-bond acceptors (Lipinski definition) is 3. The van der Waals surface area contributed by atoms with Crippen LogP contribution in [-0.2, 0) is 6.54 Å². The molecule has 1 aliphatic heterocycles. The second-order valence-corrected chi connectivity index (χ2v) is 6.02. The molecule has 0 N–H and O–H groups in total. The number of nitrogens with zero attached hydrogens (tertiary/aromatic N) is 1. The van der Waals surface area contributed by atoms with Gasteiger partial charge in [-0.15, -0.1) is 0 Å². The van der Waals surface area contributed by atoms with E-state index in [1.807, 2.05) is 13.0 Å². The number of ether oxygens (including phenoxy) is 2. The van der Waals surface area contributed by atoms with Crippen molar-refractivity contribution < 1.29 is 9.47 Å². The third kappa shape index (κ3) is 3.67. The number of hydrogen-bond donors (Lipinski definition) is 0. The normalized spacial score (nSPS) is 18.1. The van der Waals surface area contributed by atoms with E-state index in [4.69, 9.17) is 9.47 Å². The lowest BCUT2D eigenvalue weighted by molar-refractivity contribution is 0.302. The molecular formula is C20H25NO2. The second kappa shape index (κ2) is 7.51. The smallest absolute Gasteiger partial charge is 0.164 e. The third-order valence-electron chi connectivity index (χ3n) is 4.48. The molecule has 0 bridgehead atoms. The Kier molecular flexibility index (Phi) is 5.19. The minimum Gasteiger partial charge on any atom is -0.493 e. The molecular weight excluding hydrogens is 286 g/mol. The Balaban J connectivity index is 1.74. The standard InChI is InChI=1S/C20H25NO2/c1-3-23-20-18(10-7-11-19(20)22-2)17-12-13-21(15-17)14-16-8-5-4-6-9-16/h4-11,17H,3,12-15H2,1-2H3/t17-/m0/s1. The summed E-state index contributed by atoms with van der Waals surface area (Å²) in [6.45, 7) is 5.90. The molecule has 1 aliphatic rings. The van der Waals surface area contributed by atoms with E-state index in [0.29, 0.717) is 12.5 Å². The fourth-order valence-electron chi connectivity index (χ4n) is 3.39. The van der Waals surface area contributed by atoms with Crippen molar-refractivity contribution in [1.82, 2.24) is 4.90 Å². The zero-order chi connectivity index (χ0) is 16.1. The predicted octanol–water partition coefficient (Wildman–Crippen LogP) is 4.08. The van der Waals surface area contributed by atoms with Gasteiger partial charge in [0.2, 0.25) is 0 Å². The first-order valence-electron chi connectivity index (χ1n) is 8.37. The van der Waals surface area contributed by atoms with E-state index in [9.17, 15) is 0 Å². The third-order valence-corrected chi connectivity index (χ3v) is 4.48. The molecule has 3 heteroatoms. The van der Waals surface area contributed by atoms with Crippen LogP contribution in [0.2, 0.25) is 0 Å². The summed E-state index contributed by atoms with van der Waals surface area (Å²) in [5, 5.41) is 0. The van der Waals surface area contributed by atoms with Crippen molar-refractivity contribution in [2.24, 2.45) is 0 Å². The maximum absolute atomic E-state index is 5.88. The number of benzene rings is 2. The van der Waals surface area contributed by atoms with E-state index in [-0.39, 0.29) is 0 Å². The molecule has 0 amide bonds. The van der Waals surface area contributed by atoms with E-state index in [0.717, 1.165) is 31.1 Å². The van der Waals surface area contributed by atoms with Gasteiger partial charge in [-0.25, -0.2) is 0 Å². The monoisotopic (exact) mass is 311 g/mol. The average Bonchev–Trinajstić information content (AvgIpc) is 3.04. The van der Waals surface area contributed by atoms with Crippen LogP contribution in [0.3, 0.4) is 0 Å². The Labute approximate surface area is 138 Å². The molecule has 1 fully saturated rings. The molecule has 0 saturated carbocycles. The van der Waals surface area contributed by atoms with Crippen LogP contribution in [0.4, 0.5) is 0 Å². The highest BCUT2D eigenvalue weighted by molar-refractivity contribution is 5.48. The minimum atomic E-state index is 0.510. The van der Waals surface area contributed by atoms with E-state index in [1.54, 1.807) is 7.11 Å². The summed E-state index contributed by atoms with van der Waals surface area (Å²) < 4.78 is 11.4. The van der Waals surface area contributed by atoms with E-state index in [1.165, 1.54) is 17.5 Å². The van der Waals surface area contributed by atoms with Gasteiger partial charge in [0.1, 0.15) is 0 Å². The van der Waals surface area contributed by atoms with Crippen molar-refractivity contribution in [2.45, 2.75) is 25.8 Å². The van der Waals surface area contributed by atoms with Gasteiger partial charge in [-0.1, -0.05) is 42.5 Å². The highest BCUT2D eigenvalue weighted by Gasteiger charge is 2.27. The number of likely N-dealkylation sites (tertiary alicyclic amines) is 1. The zero-order valence-electron chi connectivity index (χ0n) is 14.0. The van der Waals surface area contributed by atoms with Gasteiger partial charge < -0.3 is 9.47 Å². The summed E-state index contributed by atoms with van der Waals surface area (Å²) in [7, 11) is 1.71. The Morgan fingerprint density at radius 2 is 1.91 bits per heavy atom. The Morgan fingerprint density at radius 3 is 2.65 bits per heavy atom. The van der Waals surface area contributed by atoms with E-state index >= 15 is 0 Å². The summed E-state index contributed by atoms with van der Waals surface area (Å²) in [6, 6.07) is 16.9.